The molecule has 0 heterocycles. The summed E-state index contributed by atoms with van der Waals surface area (Å²) < 4.78 is 6.56. The van der Waals surface area contributed by atoms with Gasteiger partial charge in [-0.2, -0.15) is 0 Å². The molecule has 2 rings (SSSR count). The fraction of sp³-hybridized carbons (Fsp3) is 0.625. The largest absolute Gasteiger partial charge is 0.492 e. The summed E-state index contributed by atoms with van der Waals surface area (Å²) in [5, 5.41) is 10.3. The summed E-state index contributed by atoms with van der Waals surface area (Å²) in [7, 11) is 0. The zero-order chi connectivity index (χ0) is 13.7. The quantitative estimate of drug-likeness (QED) is 0.809. The third kappa shape index (κ3) is 4.22. The highest BCUT2D eigenvalue weighted by Crippen LogP contribution is 2.35. The lowest BCUT2D eigenvalue weighted by molar-refractivity contribution is 0.144. The van der Waals surface area contributed by atoms with E-state index in [9.17, 15) is 5.11 Å². The minimum Gasteiger partial charge on any atom is -0.492 e. The SMILES string of the molecule is CCCOc1ccc(C(O)CC2CCCC2)cc1Br. The van der Waals surface area contributed by atoms with Gasteiger partial charge in [-0.25, -0.2) is 0 Å². The van der Waals surface area contributed by atoms with Crippen molar-refractivity contribution in [1.29, 1.82) is 0 Å². The molecule has 1 aromatic rings. The van der Waals surface area contributed by atoms with Crippen LogP contribution >= 0.6 is 15.9 Å². The number of halogens is 1. The van der Waals surface area contributed by atoms with Crippen LogP contribution < -0.4 is 4.74 Å². The van der Waals surface area contributed by atoms with Crippen molar-refractivity contribution in [2.24, 2.45) is 5.92 Å². The molecule has 0 aromatic heterocycles. The fourth-order valence-corrected chi connectivity index (χ4v) is 3.26. The summed E-state index contributed by atoms with van der Waals surface area (Å²) in [6.07, 6.45) is 6.74. The molecule has 0 saturated heterocycles. The maximum atomic E-state index is 10.3. The Morgan fingerprint density at radius 3 is 2.74 bits per heavy atom. The summed E-state index contributed by atoms with van der Waals surface area (Å²) in [6, 6.07) is 5.92. The van der Waals surface area contributed by atoms with Crippen LogP contribution in [0.3, 0.4) is 0 Å². The molecule has 1 aliphatic rings. The third-order valence-corrected chi connectivity index (χ3v) is 4.45. The monoisotopic (exact) mass is 326 g/mol. The smallest absolute Gasteiger partial charge is 0.133 e. The van der Waals surface area contributed by atoms with Crippen molar-refractivity contribution in [3.63, 3.8) is 0 Å². The molecule has 3 heteroatoms. The van der Waals surface area contributed by atoms with E-state index in [1.807, 2.05) is 18.2 Å². The summed E-state index contributed by atoms with van der Waals surface area (Å²) in [4.78, 5) is 0. The van der Waals surface area contributed by atoms with Gasteiger partial charge >= 0.3 is 0 Å². The molecule has 1 fully saturated rings. The normalized spacial score (nSPS) is 17.6. The first-order valence-electron chi connectivity index (χ1n) is 7.31. The Labute approximate surface area is 124 Å². The number of aliphatic hydroxyl groups excluding tert-OH is 1. The van der Waals surface area contributed by atoms with Crippen LogP contribution in [0.4, 0.5) is 0 Å². The number of benzene rings is 1. The van der Waals surface area contributed by atoms with Gasteiger partial charge in [-0.3, -0.25) is 0 Å². The Balaban J connectivity index is 1.97. The molecule has 0 radical (unpaired) electrons. The van der Waals surface area contributed by atoms with Gasteiger partial charge in [0.05, 0.1) is 17.2 Å². The molecule has 1 N–H and O–H groups in total. The first-order valence-corrected chi connectivity index (χ1v) is 8.10. The van der Waals surface area contributed by atoms with E-state index in [0.29, 0.717) is 5.92 Å². The molecule has 1 aliphatic carbocycles. The lowest BCUT2D eigenvalue weighted by Crippen LogP contribution is -2.05. The molecule has 1 aromatic carbocycles. The summed E-state index contributed by atoms with van der Waals surface area (Å²) in [5.74, 6) is 1.56. The molecule has 106 valence electrons. The maximum Gasteiger partial charge on any atom is 0.133 e. The van der Waals surface area contributed by atoms with E-state index in [2.05, 4.69) is 22.9 Å². The van der Waals surface area contributed by atoms with Crippen LogP contribution in [0.15, 0.2) is 22.7 Å². The van der Waals surface area contributed by atoms with Crippen LogP contribution in [0.5, 0.6) is 5.75 Å². The second-order valence-corrected chi connectivity index (χ2v) is 6.29. The van der Waals surface area contributed by atoms with E-state index in [0.717, 1.165) is 35.2 Å². The Kier molecular flexibility index (Phi) is 5.71. The molecule has 1 unspecified atom stereocenters. The van der Waals surface area contributed by atoms with Crippen LogP contribution in [0, 0.1) is 5.92 Å². The van der Waals surface area contributed by atoms with Crippen molar-refractivity contribution in [2.75, 3.05) is 6.61 Å². The van der Waals surface area contributed by atoms with Gasteiger partial charge in [0.25, 0.3) is 0 Å². The minimum atomic E-state index is -0.348. The average molecular weight is 327 g/mol. The van der Waals surface area contributed by atoms with Gasteiger partial charge in [0.15, 0.2) is 0 Å². The molecule has 1 saturated carbocycles. The van der Waals surface area contributed by atoms with Gasteiger partial charge < -0.3 is 9.84 Å². The first kappa shape index (κ1) is 14.9. The molecule has 0 bridgehead atoms. The molecule has 0 spiro atoms. The Bertz CT molecular complexity index is 400. The van der Waals surface area contributed by atoms with Crippen LogP contribution in [-0.4, -0.2) is 11.7 Å². The number of rotatable bonds is 6. The summed E-state index contributed by atoms with van der Waals surface area (Å²) >= 11 is 3.52. The summed E-state index contributed by atoms with van der Waals surface area (Å²) in [5.41, 5.74) is 0.989. The molecule has 2 nitrogen and oxygen atoms in total. The topological polar surface area (TPSA) is 29.5 Å². The van der Waals surface area contributed by atoms with Crippen LogP contribution in [-0.2, 0) is 0 Å². The van der Waals surface area contributed by atoms with Crippen molar-refractivity contribution in [3.8, 4) is 5.75 Å². The van der Waals surface area contributed by atoms with Crippen molar-refractivity contribution in [2.45, 2.75) is 51.6 Å². The van der Waals surface area contributed by atoms with Gasteiger partial charge in [0, 0.05) is 0 Å². The van der Waals surface area contributed by atoms with Crippen molar-refractivity contribution in [1.82, 2.24) is 0 Å². The van der Waals surface area contributed by atoms with Crippen molar-refractivity contribution < 1.29 is 9.84 Å². The molecule has 1 atom stereocenters. The molecule has 19 heavy (non-hydrogen) atoms. The van der Waals surface area contributed by atoms with E-state index in [-0.39, 0.29) is 6.10 Å². The van der Waals surface area contributed by atoms with Crippen LogP contribution in [0.25, 0.3) is 0 Å². The molecule has 0 amide bonds. The van der Waals surface area contributed by atoms with Crippen molar-refractivity contribution in [3.05, 3.63) is 28.2 Å². The summed E-state index contributed by atoms with van der Waals surface area (Å²) in [6.45, 7) is 2.82. The van der Waals surface area contributed by atoms with Gasteiger partial charge in [0.2, 0.25) is 0 Å². The van der Waals surface area contributed by atoms with Crippen LogP contribution in [0.1, 0.15) is 57.1 Å². The molecular weight excluding hydrogens is 304 g/mol. The highest BCUT2D eigenvalue weighted by Gasteiger charge is 2.20. The Morgan fingerprint density at radius 1 is 1.37 bits per heavy atom. The maximum absolute atomic E-state index is 10.3. The predicted molar refractivity (Wildman–Crippen MR) is 81.5 cm³/mol. The number of hydrogen-bond donors (Lipinski definition) is 1. The molecular formula is C16H23BrO2. The van der Waals surface area contributed by atoms with E-state index < -0.39 is 0 Å². The first-order chi connectivity index (χ1) is 9.20. The van der Waals surface area contributed by atoms with Crippen LogP contribution in [0.2, 0.25) is 0 Å². The van der Waals surface area contributed by atoms with Gasteiger partial charge in [0.1, 0.15) is 5.75 Å². The highest BCUT2D eigenvalue weighted by molar-refractivity contribution is 9.10. The lowest BCUT2D eigenvalue weighted by atomic mass is 9.96. The van der Waals surface area contributed by atoms with E-state index in [1.165, 1.54) is 25.7 Å². The van der Waals surface area contributed by atoms with E-state index in [1.54, 1.807) is 0 Å². The van der Waals surface area contributed by atoms with Crippen molar-refractivity contribution >= 4 is 15.9 Å². The lowest BCUT2D eigenvalue weighted by Gasteiger charge is -2.17. The second-order valence-electron chi connectivity index (χ2n) is 5.44. The van der Waals surface area contributed by atoms with Gasteiger partial charge in [-0.05, 0) is 52.4 Å². The second kappa shape index (κ2) is 7.30. The Hall–Kier alpha value is -0.540. The van der Waals surface area contributed by atoms with Gasteiger partial charge in [-0.15, -0.1) is 0 Å². The Morgan fingerprint density at radius 2 is 2.11 bits per heavy atom. The minimum absolute atomic E-state index is 0.348. The number of aliphatic hydroxyl groups is 1. The number of hydrogen-bond acceptors (Lipinski definition) is 2. The van der Waals surface area contributed by atoms with Gasteiger partial charge in [-0.1, -0.05) is 38.7 Å². The zero-order valence-corrected chi connectivity index (χ0v) is 13.2. The zero-order valence-electron chi connectivity index (χ0n) is 11.6. The number of ether oxygens (including phenoxy) is 1. The highest BCUT2D eigenvalue weighted by atomic mass is 79.9. The average Bonchev–Trinajstić information content (AvgIpc) is 2.90. The van der Waals surface area contributed by atoms with E-state index in [4.69, 9.17) is 4.74 Å². The molecule has 0 aliphatic heterocycles. The van der Waals surface area contributed by atoms with E-state index >= 15 is 0 Å². The fourth-order valence-electron chi connectivity index (χ4n) is 2.75. The third-order valence-electron chi connectivity index (χ3n) is 3.83. The standard InChI is InChI=1S/C16H23BrO2/c1-2-9-19-16-8-7-13(11-14(16)17)15(18)10-12-5-3-4-6-12/h7-8,11-12,15,18H,2-6,9-10H2,1H3. The predicted octanol–water partition coefficient (Wildman–Crippen LogP) is 4.85.